The average Bonchev–Trinajstić information content (AvgIpc) is 2.41. The molecule has 2 aromatic carbocycles. The maximum absolute atomic E-state index is 11.8. The number of hydrogen-bond acceptors (Lipinski definition) is 3. The van der Waals surface area contributed by atoms with Crippen LogP contribution in [-0.2, 0) is 4.79 Å². The number of anilines is 1. The zero-order valence-corrected chi connectivity index (χ0v) is 12.2. The lowest BCUT2D eigenvalue weighted by molar-refractivity contribution is -0.115. The van der Waals surface area contributed by atoms with Crippen molar-refractivity contribution in [3.63, 3.8) is 0 Å². The van der Waals surface area contributed by atoms with Crippen molar-refractivity contribution in [3.05, 3.63) is 53.6 Å². The van der Waals surface area contributed by atoms with E-state index in [1.807, 2.05) is 24.3 Å². The summed E-state index contributed by atoms with van der Waals surface area (Å²) < 4.78 is 0. The summed E-state index contributed by atoms with van der Waals surface area (Å²) in [6, 6.07) is 14.0. The molecule has 0 spiro atoms. The molecule has 0 bridgehead atoms. The molecule has 0 aromatic heterocycles. The molecule has 0 saturated heterocycles. The Bertz CT molecular complexity index is 604. The highest BCUT2D eigenvalue weighted by Gasteiger charge is 2.05. The van der Waals surface area contributed by atoms with Crippen LogP contribution in [0.15, 0.2) is 53.4 Å². The second-order valence-electron chi connectivity index (χ2n) is 4.13. The predicted octanol–water partition coefficient (Wildman–Crippen LogP) is 4.17. The van der Waals surface area contributed by atoms with Crippen LogP contribution < -0.4 is 5.32 Å². The number of phenols is 1. The van der Waals surface area contributed by atoms with Crippen molar-refractivity contribution in [1.82, 2.24) is 0 Å². The molecule has 2 aromatic rings. The highest BCUT2D eigenvalue weighted by Crippen LogP contribution is 2.27. The number of aromatic hydroxyl groups is 1. The zero-order valence-electron chi connectivity index (χ0n) is 10.7. The first-order valence-corrected chi connectivity index (χ1v) is 7.48. The first-order valence-electron chi connectivity index (χ1n) is 6.11. The van der Waals surface area contributed by atoms with E-state index in [1.54, 1.807) is 30.0 Å². The average molecular weight is 308 g/mol. The number of thioether (sulfide) groups is 1. The summed E-state index contributed by atoms with van der Waals surface area (Å²) in [6.45, 7) is 0. The summed E-state index contributed by atoms with van der Waals surface area (Å²) in [4.78, 5) is 12.7. The normalized spacial score (nSPS) is 10.2. The third-order valence-electron chi connectivity index (χ3n) is 2.55. The summed E-state index contributed by atoms with van der Waals surface area (Å²) >= 11 is 7.58. The van der Waals surface area contributed by atoms with Crippen molar-refractivity contribution < 1.29 is 9.90 Å². The van der Waals surface area contributed by atoms with Gasteiger partial charge in [-0.2, -0.15) is 0 Å². The summed E-state index contributed by atoms with van der Waals surface area (Å²) in [6.07, 6.45) is 0.381. The number of rotatable bonds is 5. The van der Waals surface area contributed by atoms with Gasteiger partial charge in [-0.1, -0.05) is 29.8 Å². The smallest absolute Gasteiger partial charge is 0.225 e. The minimum atomic E-state index is -0.0878. The molecule has 2 rings (SSSR count). The number of amides is 1. The monoisotopic (exact) mass is 307 g/mol. The van der Waals surface area contributed by atoms with Crippen LogP contribution in [0.25, 0.3) is 0 Å². The molecule has 0 aliphatic heterocycles. The van der Waals surface area contributed by atoms with Crippen molar-refractivity contribution in [2.24, 2.45) is 0 Å². The van der Waals surface area contributed by atoms with Crippen LogP contribution in [0.1, 0.15) is 6.42 Å². The molecule has 3 nitrogen and oxygen atoms in total. The van der Waals surface area contributed by atoms with Crippen molar-refractivity contribution in [3.8, 4) is 5.75 Å². The Hall–Kier alpha value is -1.65. The van der Waals surface area contributed by atoms with Crippen molar-refractivity contribution >= 4 is 35.0 Å². The maximum Gasteiger partial charge on any atom is 0.225 e. The Kier molecular flexibility index (Phi) is 5.32. The van der Waals surface area contributed by atoms with Gasteiger partial charge < -0.3 is 10.4 Å². The van der Waals surface area contributed by atoms with Gasteiger partial charge in [0.15, 0.2) is 0 Å². The standard InChI is InChI=1S/C15H14ClNO2S/c16-13-6-1-2-7-14(13)20-9-8-15(19)17-11-4-3-5-12(18)10-11/h1-7,10,18H,8-9H2,(H,17,19). The first kappa shape index (κ1) is 14.8. The topological polar surface area (TPSA) is 49.3 Å². The molecular formula is C15H14ClNO2S. The quantitative estimate of drug-likeness (QED) is 0.815. The Labute approximate surface area is 127 Å². The Morgan fingerprint density at radius 2 is 2.00 bits per heavy atom. The fourth-order valence-corrected chi connectivity index (χ4v) is 2.81. The van der Waals surface area contributed by atoms with E-state index in [0.717, 1.165) is 4.90 Å². The van der Waals surface area contributed by atoms with Crippen LogP contribution in [0.2, 0.25) is 5.02 Å². The van der Waals surface area contributed by atoms with Crippen LogP contribution in [0.5, 0.6) is 5.75 Å². The minimum Gasteiger partial charge on any atom is -0.508 e. The van der Waals surface area contributed by atoms with Gasteiger partial charge in [-0.15, -0.1) is 11.8 Å². The van der Waals surface area contributed by atoms with Crippen molar-refractivity contribution in [2.45, 2.75) is 11.3 Å². The van der Waals surface area contributed by atoms with Gasteiger partial charge in [0.2, 0.25) is 5.91 Å². The molecule has 0 atom stereocenters. The van der Waals surface area contributed by atoms with Gasteiger partial charge in [0.25, 0.3) is 0 Å². The van der Waals surface area contributed by atoms with E-state index in [1.165, 1.54) is 6.07 Å². The fraction of sp³-hybridized carbons (Fsp3) is 0.133. The molecule has 104 valence electrons. The van der Waals surface area contributed by atoms with Crippen LogP contribution in [-0.4, -0.2) is 16.8 Å². The molecule has 20 heavy (non-hydrogen) atoms. The summed E-state index contributed by atoms with van der Waals surface area (Å²) in [5, 5.41) is 12.7. The van der Waals surface area contributed by atoms with Crippen LogP contribution in [0.4, 0.5) is 5.69 Å². The lowest BCUT2D eigenvalue weighted by Gasteiger charge is -2.06. The highest BCUT2D eigenvalue weighted by atomic mass is 35.5. The predicted molar refractivity (Wildman–Crippen MR) is 83.5 cm³/mol. The number of benzene rings is 2. The second kappa shape index (κ2) is 7.22. The SMILES string of the molecule is O=C(CCSc1ccccc1Cl)Nc1cccc(O)c1. The van der Waals surface area contributed by atoms with E-state index in [0.29, 0.717) is 22.9 Å². The number of carbonyl (C=O) groups is 1. The lowest BCUT2D eigenvalue weighted by Crippen LogP contribution is -2.11. The van der Waals surface area contributed by atoms with Gasteiger partial charge in [-0.05, 0) is 24.3 Å². The van der Waals surface area contributed by atoms with E-state index in [2.05, 4.69) is 5.32 Å². The third-order valence-corrected chi connectivity index (χ3v) is 4.07. The van der Waals surface area contributed by atoms with Crippen LogP contribution in [0, 0.1) is 0 Å². The van der Waals surface area contributed by atoms with E-state index < -0.39 is 0 Å². The first-order chi connectivity index (χ1) is 9.65. The molecule has 0 fully saturated rings. The van der Waals surface area contributed by atoms with E-state index >= 15 is 0 Å². The van der Waals surface area contributed by atoms with Gasteiger partial charge in [-0.3, -0.25) is 4.79 Å². The van der Waals surface area contributed by atoms with Crippen LogP contribution in [0.3, 0.4) is 0 Å². The van der Waals surface area contributed by atoms with Gasteiger partial charge in [-0.25, -0.2) is 0 Å². The van der Waals surface area contributed by atoms with E-state index in [9.17, 15) is 9.90 Å². The largest absolute Gasteiger partial charge is 0.508 e. The zero-order chi connectivity index (χ0) is 14.4. The molecule has 0 aliphatic carbocycles. The summed E-state index contributed by atoms with van der Waals surface area (Å²) in [5.74, 6) is 0.692. The molecule has 2 N–H and O–H groups in total. The Morgan fingerprint density at radius 1 is 1.20 bits per heavy atom. The van der Waals surface area contributed by atoms with E-state index in [-0.39, 0.29) is 11.7 Å². The molecule has 0 heterocycles. The van der Waals surface area contributed by atoms with Gasteiger partial charge in [0.05, 0.1) is 5.02 Å². The van der Waals surface area contributed by atoms with Gasteiger partial charge >= 0.3 is 0 Å². The van der Waals surface area contributed by atoms with Gasteiger partial charge in [0, 0.05) is 28.8 Å². The van der Waals surface area contributed by atoms with Crippen molar-refractivity contribution in [2.75, 3.05) is 11.1 Å². The Balaban J connectivity index is 1.80. The minimum absolute atomic E-state index is 0.0878. The fourth-order valence-electron chi connectivity index (χ4n) is 1.62. The number of nitrogens with one attached hydrogen (secondary N) is 1. The molecule has 1 amide bonds. The van der Waals surface area contributed by atoms with E-state index in [4.69, 9.17) is 11.6 Å². The van der Waals surface area contributed by atoms with Crippen LogP contribution >= 0.6 is 23.4 Å². The Morgan fingerprint density at radius 3 is 2.75 bits per heavy atom. The third kappa shape index (κ3) is 4.47. The second-order valence-corrected chi connectivity index (χ2v) is 5.67. The number of hydrogen-bond donors (Lipinski definition) is 2. The molecular weight excluding hydrogens is 294 g/mol. The molecule has 0 radical (unpaired) electrons. The highest BCUT2D eigenvalue weighted by molar-refractivity contribution is 7.99. The molecule has 5 heteroatoms. The molecule has 0 saturated carbocycles. The summed E-state index contributed by atoms with van der Waals surface area (Å²) in [7, 11) is 0. The number of halogens is 1. The molecule has 0 aliphatic rings. The summed E-state index contributed by atoms with van der Waals surface area (Å²) in [5.41, 5.74) is 0.595. The maximum atomic E-state index is 11.8. The number of phenolic OH excluding ortho intramolecular Hbond substituents is 1. The van der Waals surface area contributed by atoms with Crippen molar-refractivity contribution in [1.29, 1.82) is 0 Å². The lowest BCUT2D eigenvalue weighted by atomic mass is 10.3. The number of carbonyl (C=O) groups excluding carboxylic acids is 1. The molecule has 0 unspecified atom stereocenters. The van der Waals surface area contributed by atoms with Gasteiger partial charge in [0.1, 0.15) is 5.75 Å².